The van der Waals surface area contributed by atoms with Gasteiger partial charge in [0, 0.05) is 36.8 Å². The number of halogens is 1. The molecule has 1 atom stereocenters. The average Bonchev–Trinajstić information content (AvgIpc) is 3.02. The van der Waals surface area contributed by atoms with Crippen LogP contribution in [0.15, 0.2) is 35.7 Å². The fourth-order valence-corrected chi connectivity index (χ4v) is 4.30. The van der Waals surface area contributed by atoms with E-state index in [1.165, 1.54) is 11.3 Å². The Balaban J connectivity index is 1.61. The highest BCUT2D eigenvalue weighted by Gasteiger charge is 2.27. The van der Waals surface area contributed by atoms with Gasteiger partial charge in [-0.1, -0.05) is 17.7 Å². The van der Waals surface area contributed by atoms with Crippen molar-refractivity contribution in [2.75, 3.05) is 31.5 Å². The topological polar surface area (TPSA) is 95.7 Å². The number of rotatable bonds is 5. The van der Waals surface area contributed by atoms with Gasteiger partial charge in [0.15, 0.2) is 0 Å². The van der Waals surface area contributed by atoms with Gasteiger partial charge in [-0.15, -0.1) is 11.3 Å². The minimum atomic E-state index is -0.570. The molecule has 3 rings (SSSR count). The molecule has 3 amide bonds. The van der Waals surface area contributed by atoms with Crippen molar-refractivity contribution in [2.45, 2.75) is 19.4 Å². The van der Waals surface area contributed by atoms with Crippen molar-refractivity contribution in [3.05, 3.63) is 51.9 Å². The van der Waals surface area contributed by atoms with E-state index in [4.69, 9.17) is 17.3 Å². The van der Waals surface area contributed by atoms with Crippen molar-refractivity contribution >= 4 is 45.7 Å². The minimum absolute atomic E-state index is 0.0591. The summed E-state index contributed by atoms with van der Waals surface area (Å²) in [5.74, 6) is -0.833. The Hall–Kier alpha value is -2.42. The van der Waals surface area contributed by atoms with Crippen LogP contribution in [0.3, 0.4) is 0 Å². The van der Waals surface area contributed by atoms with Gasteiger partial charge in [0.05, 0.1) is 11.6 Å². The van der Waals surface area contributed by atoms with Crippen LogP contribution in [0.5, 0.6) is 0 Å². The first-order valence-electron chi connectivity index (χ1n) is 9.34. The third-order valence-electron chi connectivity index (χ3n) is 4.98. The molecule has 1 unspecified atom stereocenters. The van der Waals surface area contributed by atoms with Gasteiger partial charge in [-0.3, -0.25) is 19.3 Å². The molecule has 29 heavy (non-hydrogen) atoms. The normalized spacial score (nSPS) is 16.1. The van der Waals surface area contributed by atoms with E-state index in [-0.39, 0.29) is 11.8 Å². The second-order valence-corrected chi connectivity index (χ2v) is 8.24. The second kappa shape index (κ2) is 9.39. The summed E-state index contributed by atoms with van der Waals surface area (Å²) in [6, 6.07) is 8.11. The maximum Gasteiger partial charge on any atom is 0.253 e. The van der Waals surface area contributed by atoms with E-state index < -0.39 is 11.9 Å². The van der Waals surface area contributed by atoms with Crippen molar-refractivity contribution < 1.29 is 14.4 Å². The molecule has 7 nitrogen and oxygen atoms in total. The number of nitrogens with two attached hydrogens (primary N) is 1. The van der Waals surface area contributed by atoms with E-state index in [2.05, 4.69) is 5.32 Å². The number of hydrogen-bond acceptors (Lipinski definition) is 5. The SMILES string of the molecule is CC(C(=O)Nc1sccc1C(N)=O)N1CCCN(C(=O)c2cccc(Cl)c2)CC1. The minimum Gasteiger partial charge on any atom is -0.366 e. The highest BCUT2D eigenvalue weighted by molar-refractivity contribution is 7.14. The molecule has 2 heterocycles. The summed E-state index contributed by atoms with van der Waals surface area (Å²) >= 11 is 7.26. The lowest BCUT2D eigenvalue weighted by Crippen LogP contribution is -2.44. The molecule has 0 aliphatic carbocycles. The lowest BCUT2D eigenvalue weighted by atomic mass is 10.2. The van der Waals surface area contributed by atoms with E-state index in [0.717, 1.165) is 6.42 Å². The molecule has 0 saturated carbocycles. The highest BCUT2D eigenvalue weighted by Crippen LogP contribution is 2.23. The number of anilines is 1. The van der Waals surface area contributed by atoms with Gasteiger partial charge in [0.2, 0.25) is 5.91 Å². The van der Waals surface area contributed by atoms with Crippen molar-refractivity contribution in [1.29, 1.82) is 0 Å². The van der Waals surface area contributed by atoms with Crippen LogP contribution >= 0.6 is 22.9 Å². The number of thiophene rings is 1. The molecule has 154 valence electrons. The molecule has 1 saturated heterocycles. The van der Waals surface area contributed by atoms with E-state index in [1.807, 2.05) is 11.8 Å². The van der Waals surface area contributed by atoms with Gasteiger partial charge in [-0.25, -0.2) is 0 Å². The molecule has 0 radical (unpaired) electrons. The predicted molar refractivity (Wildman–Crippen MR) is 114 cm³/mol. The number of carbonyl (C=O) groups excluding carboxylic acids is 3. The fraction of sp³-hybridized carbons (Fsp3) is 0.350. The molecule has 2 aromatic rings. The first-order chi connectivity index (χ1) is 13.9. The Morgan fingerprint density at radius 1 is 1.17 bits per heavy atom. The molecule has 3 N–H and O–H groups in total. The van der Waals surface area contributed by atoms with Gasteiger partial charge < -0.3 is 16.0 Å². The third-order valence-corrected chi connectivity index (χ3v) is 6.05. The summed E-state index contributed by atoms with van der Waals surface area (Å²) in [6.45, 7) is 4.23. The van der Waals surface area contributed by atoms with Crippen LogP contribution in [0.25, 0.3) is 0 Å². The largest absolute Gasteiger partial charge is 0.366 e. The number of carbonyl (C=O) groups is 3. The molecule has 0 bridgehead atoms. The molecule has 1 aliphatic heterocycles. The number of nitrogens with one attached hydrogen (secondary N) is 1. The number of hydrogen-bond donors (Lipinski definition) is 2. The van der Waals surface area contributed by atoms with Crippen LogP contribution in [0.2, 0.25) is 5.02 Å². The highest BCUT2D eigenvalue weighted by atomic mass is 35.5. The predicted octanol–water partition coefficient (Wildman–Crippen LogP) is 2.68. The Bertz CT molecular complexity index is 917. The lowest BCUT2D eigenvalue weighted by Gasteiger charge is -2.27. The zero-order valence-corrected chi connectivity index (χ0v) is 17.6. The van der Waals surface area contributed by atoms with Crippen LogP contribution in [0.1, 0.15) is 34.1 Å². The summed E-state index contributed by atoms with van der Waals surface area (Å²) < 4.78 is 0. The van der Waals surface area contributed by atoms with Gasteiger partial charge >= 0.3 is 0 Å². The quantitative estimate of drug-likeness (QED) is 0.756. The van der Waals surface area contributed by atoms with E-state index in [9.17, 15) is 14.4 Å². The molecular weight excluding hydrogens is 412 g/mol. The Labute approximate surface area is 178 Å². The summed E-state index contributed by atoms with van der Waals surface area (Å²) in [5.41, 5.74) is 6.21. The maximum atomic E-state index is 12.8. The van der Waals surface area contributed by atoms with Gasteiger partial charge in [0.1, 0.15) is 5.00 Å². The number of nitrogens with zero attached hydrogens (tertiary/aromatic N) is 2. The first kappa shape index (κ1) is 21.3. The Morgan fingerprint density at radius 2 is 1.97 bits per heavy atom. The summed E-state index contributed by atoms with van der Waals surface area (Å²) in [5, 5.41) is 5.50. The third kappa shape index (κ3) is 5.14. The maximum absolute atomic E-state index is 12.8. The van der Waals surface area contributed by atoms with E-state index >= 15 is 0 Å². The lowest BCUT2D eigenvalue weighted by molar-refractivity contribution is -0.120. The van der Waals surface area contributed by atoms with Crippen molar-refractivity contribution in [3.63, 3.8) is 0 Å². The number of amides is 3. The summed E-state index contributed by atoms with van der Waals surface area (Å²) in [6.07, 6.45) is 0.759. The molecule has 1 aromatic carbocycles. The van der Waals surface area contributed by atoms with Crippen LogP contribution in [-0.4, -0.2) is 59.7 Å². The monoisotopic (exact) mass is 434 g/mol. The van der Waals surface area contributed by atoms with Crippen LogP contribution < -0.4 is 11.1 Å². The Morgan fingerprint density at radius 3 is 2.69 bits per heavy atom. The molecule has 9 heteroatoms. The molecule has 0 spiro atoms. The van der Waals surface area contributed by atoms with Crippen LogP contribution in [-0.2, 0) is 4.79 Å². The fourth-order valence-electron chi connectivity index (χ4n) is 3.31. The second-order valence-electron chi connectivity index (χ2n) is 6.88. The van der Waals surface area contributed by atoms with Gasteiger partial charge in [-0.2, -0.15) is 0 Å². The van der Waals surface area contributed by atoms with Gasteiger partial charge in [-0.05, 0) is 43.0 Å². The van der Waals surface area contributed by atoms with Gasteiger partial charge in [0.25, 0.3) is 11.8 Å². The smallest absolute Gasteiger partial charge is 0.253 e. The standard InChI is InChI=1S/C20H23ClN4O3S/c1-13(18(27)23-19-16(17(22)26)6-11-29-19)24-7-3-8-25(10-9-24)20(28)14-4-2-5-15(21)12-14/h2,4-6,11-13H,3,7-10H2,1H3,(H2,22,26)(H,23,27). The molecule has 1 fully saturated rings. The van der Waals surface area contributed by atoms with Crippen molar-refractivity contribution in [2.24, 2.45) is 5.73 Å². The van der Waals surface area contributed by atoms with Crippen LogP contribution in [0, 0.1) is 0 Å². The van der Waals surface area contributed by atoms with E-state index in [0.29, 0.717) is 47.3 Å². The molecule has 1 aliphatic rings. The number of benzene rings is 1. The molecular formula is C20H23ClN4O3S. The summed E-state index contributed by atoms with van der Waals surface area (Å²) in [7, 11) is 0. The van der Waals surface area contributed by atoms with Crippen molar-refractivity contribution in [1.82, 2.24) is 9.80 Å². The zero-order valence-electron chi connectivity index (χ0n) is 16.1. The van der Waals surface area contributed by atoms with Crippen LogP contribution in [0.4, 0.5) is 5.00 Å². The zero-order chi connectivity index (χ0) is 21.0. The Kier molecular flexibility index (Phi) is 6.89. The average molecular weight is 435 g/mol. The molecule has 1 aromatic heterocycles. The summed E-state index contributed by atoms with van der Waals surface area (Å²) in [4.78, 5) is 40.7. The van der Waals surface area contributed by atoms with Crippen molar-refractivity contribution in [3.8, 4) is 0 Å². The number of primary amides is 1. The van der Waals surface area contributed by atoms with E-state index in [1.54, 1.807) is 40.6 Å². The first-order valence-corrected chi connectivity index (χ1v) is 10.6.